The molecule has 1 unspecified atom stereocenters. The normalized spacial score (nSPS) is 17.2. The van der Waals surface area contributed by atoms with Gasteiger partial charge in [-0.1, -0.05) is 17.7 Å². The van der Waals surface area contributed by atoms with Crippen molar-refractivity contribution in [1.82, 2.24) is 0 Å². The van der Waals surface area contributed by atoms with Gasteiger partial charge in [-0.15, -0.1) is 0 Å². The van der Waals surface area contributed by atoms with Crippen LogP contribution in [0, 0.1) is 5.41 Å². The van der Waals surface area contributed by atoms with E-state index in [1.165, 1.54) is 6.07 Å². The molecule has 7 heteroatoms. The first-order valence-electron chi connectivity index (χ1n) is 6.46. The fourth-order valence-corrected chi connectivity index (χ4v) is 4.35. The Hall–Kier alpha value is -1.40. The number of halogens is 1. The van der Waals surface area contributed by atoms with Crippen LogP contribution >= 0.6 is 11.6 Å². The van der Waals surface area contributed by atoms with Gasteiger partial charge < -0.3 is 10.8 Å². The average molecular weight is 330 g/mol. The van der Waals surface area contributed by atoms with Gasteiger partial charge in [0.2, 0.25) is 5.91 Å². The third kappa shape index (κ3) is 4.28. The first-order chi connectivity index (χ1) is 9.81. The van der Waals surface area contributed by atoms with E-state index in [0.717, 1.165) is 12.8 Å². The Morgan fingerprint density at radius 1 is 1.38 bits per heavy atom. The summed E-state index contributed by atoms with van der Waals surface area (Å²) in [5, 5.41) is 9.20. The number of amides is 1. The molecule has 0 bridgehead atoms. The number of carbonyl (C=O) groups excluding carboxylic acids is 1. The zero-order valence-corrected chi connectivity index (χ0v) is 12.9. The van der Waals surface area contributed by atoms with E-state index in [2.05, 4.69) is 0 Å². The molecule has 114 valence electrons. The monoisotopic (exact) mass is 329 g/mol. The van der Waals surface area contributed by atoms with E-state index >= 15 is 0 Å². The van der Waals surface area contributed by atoms with Gasteiger partial charge in [0.1, 0.15) is 0 Å². The molecule has 1 saturated carbocycles. The minimum Gasteiger partial charge on any atom is -0.481 e. The molecule has 1 amide bonds. The Morgan fingerprint density at radius 3 is 2.52 bits per heavy atom. The maximum atomic E-state index is 12.2. The van der Waals surface area contributed by atoms with Gasteiger partial charge in [0.25, 0.3) is 0 Å². The summed E-state index contributed by atoms with van der Waals surface area (Å²) in [5.74, 6) is -0.803. The first kappa shape index (κ1) is 16.0. The van der Waals surface area contributed by atoms with Crippen molar-refractivity contribution < 1.29 is 18.9 Å². The lowest BCUT2D eigenvalue weighted by molar-refractivity contribution is -0.138. The largest absolute Gasteiger partial charge is 0.481 e. The van der Waals surface area contributed by atoms with Crippen LogP contribution in [0.4, 0.5) is 0 Å². The van der Waals surface area contributed by atoms with Gasteiger partial charge in [-0.05, 0) is 36.0 Å². The van der Waals surface area contributed by atoms with E-state index in [1.807, 2.05) is 0 Å². The Bertz CT molecular complexity index is 613. The number of hydrogen-bond acceptors (Lipinski definition) is 3. The van der Waals surface area contributed by atoms with Gasteiger partial charge in [-0.2, -0.15) is 0 Å². The summed E-state index contributed by atoms with van der Waals surface area (Å²) in [6, 6.07) is 4.64. The Morgan fingerprint density at radius 2 is 2.05 bits per heavy atom. The van der Waals surface area contributed by atoms with Crippen molar-refractivity contribution >= 4 is 34.3 Å². The molecular formula is C14H16ClNO4S. The lowest BCUT2D eigenvalue weighted by Gasteiger charge is -2.12. The van der Waals surface area contributed by atoms with Gasteiger partial charge in [0.05, 0.1) is 12.2 Å². The van der Waals surface area contributed by atoms with E-state index in [0.29, 0.717) is 21.9 Å². The number of carboxylic acids is 1. The molecule has 0 aliphatic heterocycles. The summed E-state index contributed by atoms with van der Waals surface area (Å²) in [6.45, 7) is 0. The molecule has 0 spiro atoms. The number of carbonyl (C=O) groups is 2. The van der Waals surface area contributed by atoms with Crippen molar-refractivity contribution in [2.45, 2.75) is 25.0 Å². The molecule has 1 aromatic rings. The molecule has 21 heavy (non-hydrogen) atoms. The number of rotatable bonds is 7. The topological polar surface area (TPSA) is 97.5 Å². The number of benzene rings is 1. The minimum atomic E-state index is -1.19. The first-order valence-corrected chi connectivity index (χ1v) is 8.33. The van der Waals surface area contributed by atoms with Crippen molar-refractivity contribution in [3.05, 3.63) is 34.3 Å². The van der Waals surface area contributed by atoms with Gasteiger partial charge in [-0.25, -0.2) is 0 Å². The molecule has 1 fully saturated rings. The zero-order chi connectivity index (χ0) is 15.6. The number of nitrogens with two attached hydrogens (primary N) is 1. The summed E-state index contributed by atoms with van der Waals surface area (Å²) in [5.41, 5.74) is 5.83. The second kappa shape index (κ2) is 6.15. The van der Waals surface area contributed by atoms with E-state index < -0.39 is 22.7 Å². The van der Waals surface area contributed by atoms with Crippen LogP contribution in [0.5, 0.6) is 0 Å². The quantitative estimate of drug-likeness (QED) is 0.798. The minimum absolute atomic E-state index is 0.0626. The average Bonchev–Trinajstić information content (AvgIpc) is 3.09. The molecule has 0 heterocycles. The second-order valence-corrected chi connectivity index (χ2v) is 7.33. The van der Waals surface area contributed by atoms with E-state index in [-0.39, 0.29) is 17.6 Å². The smallest absolute Gasteiger partial charge is 0.303 e. The fraction of sp³-hybridized carbons (Fsp3) is 0.429. The van der Waals surface area contributed by atoms with Crippen LogP contribution in [-0.2, 0) is 21.3 Å². The van der Waals surface area contributed by atoms with Gasteiger partial charge in [0, 0.05) is 27.1 Å². The Balaban J connectivity index is 2.00. The van der Waals surface area contributed by atoms with Crippen molar-refractivity contribution in [1.29, 1.82) is 0 Å². The summed E-state index contributed by atoms with van der Waals surface area (Å²) in [4.78, 5) is 21.8. The molecule has 1 aliphatic rings. The SMILES string of the molecule is NC(=O)c1ccc(CS(=O)CC2(CC(=O)O)CC2)c(Cl)c1. The lowest BCUT2D eigenvalue weighted by Crippen LogP contribution is -2.17. The third-order valence-electron chi connectivity index (χ3n) is 3.60. The highest BCUT2D eigenvalue weighted by atomic mass is 35.5. The predicted molar refractivity (Wildman–Crippen MR) is 80.6 cm³/mol. The van der Waals surface area contributed by atoms with Crippen molar-refractivity contribution in [3.63, 3.8) is 0 Å². The van der Waals surface area contributed by atoms with Gasteiger partial charge in [0.15, 0.2) is 0 Å². The number of carboxylic acid groups (broad SMARTS) is 1. The maximum absolute atomic E-state index is 12.2. The van der Waals surface area contributed by atoms with E-state index in [9.17, 15) is 13.8 Å². The third-order valence-corrected chi connectivity index (χ3v) is 5.52. The molecule has 2 rings (SSSR count). The van der Waals surface area contributed by atoms with Gasteiger partial charge >= 0.3 is 5.97 Å². The molecule has 0 saturated heterocycles. The van der Waals surface area contributed by atoms with Crippen molar-refractivity contribution in [2.24, 2.45) is 11.1 Å². The molecule has 5 nitrogen and oxygen atoms in total. The highest BCUT2D eigenvalue weighted by Crippen LogP contribution is 2.49. The summed E-state index contributed by atoms with van der Waals surface area (Å²) < 4.78 is 12.2. The fourth-order valence-electron chi connectivity index (χ4n) is 2.25. The maximum Gasteiger partial charge on any atom is 0.303 e. The predicted octanol–water partition coefficient (Wildman–Crippen LogP) is 1.94. The number of hydrogen-bond donors (Lipinski definition) is 2. The van der Waals surface area contributed by atoms with Crippen LogP contribution in [0.25, 0.3) is 0 Å². The second-order valence-electron chi connectivity index (χ2n) is 5.47. The summed E-state index contributed by atoms with van der Waals surface area (Å²) in [7, 11) is -1.19. The van der Waals surface area contributed by atoms with Crippen molar-refractivity contribution in [2.75, 3.05) is 5.75 Å². The van der Waals surface area contributed by atoms with Crippen LogP contribution in [0.1, 0.15) is 35.2 Å². The van der Waals surface area contributed by atoms with E-state index in [4.69, 9.17) is 22.4 Å². The molecule has 1 aromatic carbocycles. The molecule has 1 atom stereocenters. The van der Waals surface area contributed by atoms with E-state index in [1.54, 1.807) is 12.1 Å². The number of aliphatic carboxylic acids is 1. The van der Waals surface area contributed by atoms with Crippen LogP contribution in [-0.4, -0.2) is 26.9 Å². The lowest BCUT2D eigenvalue weighted by atomic mass is 10.1. The van der Waals surface area contributed by atoms with Crippen molar-refractivity contribution in [3.8, 4) is 0 Å². The molecule has 0 radical (unpaired) electrons. The van der Waals surface area contributed by atoms with Crippen LogP contribution in [0.2, 0.25) is 5.02 Å². The van der Waals surface area contributed by atoms with Crippen LogP contribution < -0.4 is 5.73 Å². The summed E-state index contributed by atoms with van der Waals surface area (Å²) in [6.07, 6.45) is 1.67. The standard InChI is InChI=1S/C14H16ClNO4S/c15-11-5-9(13(16)19)1-2-10(11)7-21(20)8-14(3-4-14)6-12(17)18/h1-2,5H,3-4,6-8H2,(H2,16,19)(H,17,18). The highest BCUT2D eigenvalue weighted by molar-refractivity contribution is 7.84. The molecule has 1 aliphatic carbocycles. The summed E-state index contributed by atoms with van der Waals surface area (Å²) >= 11 is 6.05. The Labute approximate surface area is 129 Å². The van der Waals surface area contributed by atoms with Crippen LogP contribution in [0.3, 0.4) is 0 Å². The highest BCUT2D eigenvalue weighted by Gasteiger charge is 2.45. The zero-order valence-electron chi connectivity index (χ0n) is 11.3. The van der Waals surface area contributed by atoms with Gasteiger partial charge in [-0.3, -0.25) is 13.8 Å². The Kier molecular flexibility index (Phi) is 4.68. The molecular weight excluding hydrogens is 314 g/mol. The molecule has 0 aromatic heterocycles. The number of primary amides is 1. The van der Waals surface area contributed by atoms with Crippen LogP contribution in [0.15, 0.2) is 18.2 Å². The molecule has 3 N–H and O–H groups in total.